The first-order valence-corrected chi connectivity index (χ1v) is 7.16. The van der Waals surface area contributed by atoms with Gasteiger partial charge in [0, 0.05) is 24.7 Å². The van der Waals surface area contributed by atoms with E-state index in [-0.39, 0.29) is 10.6 Å². The Balaban J connectivity index is 1.88. The summed E-state index contributed by atoms with van der Waals surface area (Å²) >= 11 is 0. The number of hydrogen-bond acceptors (Lipinski definition) is 6. The predicted octanol–water partition coefficient (Wildman–Crippen LogP) is 2.06. The van der Waals surface area contributed by atoms with Crippen LogP contribution in [0.2, 0.25) is 0 Å². The largest absolute Gasteiger partial charge is 0.366 e. The highest BCUT2D eigenvalue weighted by Crippen LogP contribution is 2.30. The Bertz CT molecular complexity index is 677. The molecule has 2 heterocycles. The van der Waals surface area contributed by atoms with Gasteiger partial charge in [-0.15, -0.1) is 9.89 Å². The van der Waals surface area contributed by atoms with E-state index in [1.54, 1.807) is 12.1 Å². The molecule has 8 heteroatoms. The van der Waals surface area contributed by atoms with Gasteiger partial charge in [-0.1, -0.05) is 6.07 Å². The summed E-state index contributed by atoms with van der Waals surface area (Å²) < 4.78 is 0. The molecule has 1 fully saturated rings. The first-order chi connectivity index (χ1) is 10.7. The number of benzene rings is 1. The number of nitro benzene ring substituents is 1. The standard InChI is InChI=1S/C14H16N6O2/c21-20(22)14-8-12(9-16-19-11-15-10-17-19)4-5-13(14)18-6-2-1-3-7-18/h4-5,8-11H,1-3,6-7H2/b16-9+. The van der Waals surface area contributed by atoms with Gasteiger partial charge in [-0.3, -0.25) is 10.1 Å². The van der Waals surface area contributed by atoms with Crippen LogP contribution in [0.15, 0.2) is 36.0 Å². The van der Waals surface area contributed by atoms with Crippen molar-refractivity contribution in [3.8, 4) is 0 Å². The quantitative estimate of drug-likeness (QED) is 0.490. The molecule has 1 aliphatic rings. The molecular weight excluding hydrogens is 284 g/mol. The zero-order chi connectivity index (χ0) is 15.4. The van der Waals surface area contributed by atoms with Crippen LogP contribution < -0.4 is 4.90 Å². The minimum atomic E-state index is -0.337. The molecule has 1 aromatic heterocycles. The van der Waals surface area contributed by atoms with E-state index in [4.69, 9.17) is 0 Å². The molecule has 3 rings (SSSR count). The maximum Gasteiger partial charge on any atom is 0.293 e. The van der Waals surface area contributed by atoms with E-state index in [2.05, 4.69) is 20.1 Å². The number of hydrogen-bond donors (Lipinski definition) is 0. The number of aromatic nitrogens is 3. The second-order valence-electron chi connectivity index (χ2n) is 5.11. The monoisotopic (exact) mass is 300 g/mol. The van der Waals surface area contributed by atoms with Gasteiger partial charge >= 0.3 is 0 Å². The number of nitrogens with zero attached hydrogens (tertiary/aromatic N) is 6. The van der Waals surface area contributed by atoms with Crippen LogP contribution in [-0.2, 0) is 0 Å². The SMILES string of the molecule is O=[N+]([O-])c1cc(/C=N/n2cncn2)ccc1N1CCCCC1. The van der Waals surface area contributed by atoms with Crippen molar-refractivity contribution in [2.45, 2.75) is 19.3 Å². The Morgan fingerprint density at radius 3 is 2.77 bits per heavy atom. The first-order valence-electron chi connectivity index (χ1n) is 7.16. The van der Waals surface area contributed by atoms with Gasteiger partial charge in [0.1, 0.15) is 18.3 Å². The van der Waals surface area contributed by atoms with E-state index >= 15 is 0 Å². The molecule has 114 valence electrons. The number of rotatable bonds is 4. The summed E-state index contributed by atoms with van der Waals surface area (Å²) in [5.74, 6) is 0. The molecular formula is C14H16N6O2. The van der Waals surface area contributed by atoms with Gasteiger partial charge in [0.2, 0.25) is 0 Å². The van der Waals surface area contributed by atoms with Crippen molar-refractivity contribution in [3.63, 3.8) is 0 Å². The molecule has 0 aliphatic carbocycles. The Kier molecular flexibility index (Phi) is 4.08. The van der Waals surface area contributed by atoms with Gasteiger partial charge < -0.3 is 4.90 Å². The zero-order valence-electron chi connectivity index (χ0n) is 12.0. The molecule has 0 unspecified atom stereocenters. The van der Waals surface area contributed by atoms with Gasteiger partial charge in [-0.05, 0) is 25.3 Å². The topological polar surface area (TPSA) is 89.4 Å². The van der Waals surface area contributed by atoms with Gasteiger partial charge in [0.15, 0.2) is 0 Å². The summed E-state index contributed by atoms with van der Waals surface area (Å²) in [6.07, 6.45) is 7.69. The number of anilines is 1. The lowest BCUT2D eigenvalue weighted by atomic mass is 10.1. The van der Waals surface area contributed by atoms with Crippen LogP contribution in [0.5, 0.6) is 0 Å². The summed E-state index contributed by atoms with van der Waals surface area (Å²) in [5, 5.41) is 19.3. The summed E-state index contributed by atoms with van der Waals surface area (Å²) in [6.45, 7) is 1.74. The van der Waals surface area contributed by atoms with Crippen LogP contribution in [-0.4, -0.2) is 39.1 Å². The molecule has 0 N–H and O–H groups in total. The average molecular weight is 300 g/mol. The average Bonchev–Trinajstić information content (AvgIpc) is 3.07. The van der Waals surface area contributed by atoms with Crippen molar-refractivity contribution >= 4 is 17.6 Å². The molecule has 1 saturated heterocycles. The van der Waals surface area contributed by atoms with E-state index in [0.717, 1.165) is 25.9 Å². The van der Waals surface area contributed by atoms with Gasteiger partial charge in [-0.25, -0.2) is 4.98 Å². The van der Waals surface area contributed by atoms with E-state index in [1.165, 1.54) is 30.1 Å². The highest BCUT2D eigenvalue weighted by atomic mass is 16.6. The van der Waals surface area contributed by atoms with Gasteiger partial charge in [0.05, 0.1) is 11.1 Å². The van der Waals surface area contributed by atoms with E-state index in [9.17, 15) is 10.1 Å². The Hall–Kier alpha value is -2.77. The fourth-order valence-electron chi connectivity index (χ4n) is 2.56. The third kappa shape index (κ3) is 3.11. The third-order valence-corrected chi connectivity index (χ3v) is 3.62. The lowest BCUT2D eigenvalue weighted by molar-refractivity contribution is -0.384. The highest BCUT2D eigenvalue weighted by Gasteiger charge is 2.21. The second-order valence-corrected chi connectivity index (χ2v) is 5.11. The molecule has 0 spiro atoms. The van der Waals surface area contributed by atoms with Crippen molar-refractivity contribution in [2.75, 3.05) is 18.0 Å². The molecule has 2 aromatic rings. The number of nitro groups is 1. The van der Waals surface area contributed by atoms with Crippen molar-refractivity contribution in [1.29, 1.82) is 0 Å². The van der Waals surface area contributed by atoms with Crippen LogP contribution in [0.4, 0.5) is 11.4 Å². The van der Waals surface area contributed by atoms with Crippen LogP contribution in [0.1, 0.15) is 24.8 Å². The maximum absolute atomic E-state index is 11.4. The Morgan fingerprint density at radius 1 is 1.27 bits per heavy atom. The minimum Gasteiger partial charge on any atom is -0.366 e. The van der Waals surface area contributed by atoms with Crippen molar-refractivity contribution < 1.29 is 4.92 Å². The van der Waals surface area contributed by atoms with E-state index < -0.39 is 0 Å². The predicted molar refractivity (Wildman–Crippen MR) is 82.2 cm³/mol. The summed E-state index contributed by atoms with van der Waals surface area (Å²) in [6, 6.07) is 5.17. The second kappa shape index (κ2) is 6.33. The molecule has 0 saturated carbocycles. The van der Waals surface area contributed by atoms with Gasteiger partial charge in [0.25, 0.3) is 5.69 Å². The van der Waals surface area contributed by atoms with E-state index in [1.807, 2.05) is 6.07 Å². The van der Waals surface area contributed by atoms with Crippen LogP contribution in [0.25, 0.3) is 0 Å². The molecule has 8 nitrogen and oxygen atoms in total. The summed E-state index contributed by atoms with van der Waals surface area (Å²) in [5.41, 5.74) is 1.45. The van der Waals surface area contributed by atoms with Crippen LogP contribution in [0.3, 0.4) is 0 Å². The number of piperidine rings is 1. The van der Waals surface area contributed by atoms with Crippen molar-refractivity contribution in [3.05, 3.63) is 46.5 Å². The van der Waals surface area contributed by atoms with Crippen LogP contribution in [0, 0.1) is 10.1 Å². The van der Waals surface area contributed by atoms with E-state index in [0.29, 0.717) is 11.3 Å². The lowest BCUT2D eigenvalue weighted by Gasteiger charge is -2.28. The van der Waals surface area contributed by atoms with Crippen molar-refractivity contribution in [1.82, 2.24) is 14.9 Å². The first kappa shape index (κ1) is 14.2. The Labute approximate surface area is 127 Å². The van der Waals surface area contributed by atoms with Crippen molar-refractivity contribution in [2.24, 2.45) is 5.10 Å². The Morgan fingerprint density at radius 2 is 2.09 bits per heavy atom. The molecule has 1 aromatic carbocycles. The molecule has 0 amide bonds. The third-order valence-electron chi connectivity index (χ3n) is 3.62. The zero-order valence-corrected chi connectivity index (χ0v) is 12.0. The summed E-state index contributed by atoms with van der Waals surface area (Å²) in [4.78, 5) is 18.2. The molecule has 1 aliphatic heterocycles. The maximum atomic E-state index is 11.4. The molecule has 0 radical (unpaired) electrons. The lowest BCUT2D eigenvalue weighted by Crippen LogP contribution is -2.29. The van der Waals surface area contributed by atoms with Gasteiger partial charge in [-0.2, -0.15) is 5.10 Å². The fraction of sp³-hybridized carbons (Fsp3) is 0.357. The molecule has 0 bridgehead atoms. The van der Waals surface area contributed by atoms with Crippen LogP contribution >= 0.6 is 0 Å². The minimum absolute atomic E-state index is 0.115. The highest BCUT2D eigenvalue weighted by molar-refractivity contribution is 5.83. The summed E-state index contributed by atoms with van der Waals surface area (Å²) in [7, 11) is 0. The smallest absolute Gasteiger partial charge is 0.293 e. The fourth-order valence-corrected chi connectivity index (χ4v) is 2.56. The normalized spacial score (nSPS) is 15.4. The molecule has 0 atom stereocenters. The molecule has 22 heavy (non-hydrogen) atoms.